The van der Waals surface area contributed by atoms with Crippen molar-refractivity contribution in [3.8, 4) is 0 Å². The molecule has 0 aromatic rings. The van der Waals surface area contributed by atoms with Gasteiger partial charge < -0.3 is 94.6 Å². The molecule has 0 aromatic heterocycles. The Morgan fingerprint density at radius 1 is 0.636 bits per heavy atom. The van der Waals surface area contributed by atoms with Crippen LogP contribution < -0.4 is 5.32 Å². The van der Waals surface area contributed by atoms with Crippen molar-refractivity contribution in [3.05, 3.63) is 0 Å². The maximum atomic E-state index is 12.1. The first kappa shape index (κ1) is 35.6. The summed E-state index contributed by atoms with van der Waals surface area (Å²) >= 11 is 0. The van der Waals surface area contributed by atoms with Crippen molar-refractivity contribution in [1.82, 2.24) is 5.32 Å². The quantitative estimate of drug-likeness (QED) is 0.110. The fourth-order valence-electron chi connectivity index (χ4n) is 5.35. The Hall–Kier alpha value is -1.25. The molecule has 1 unspecified atom stereocenters. The Balaban J connectivity index is 1.66. The maximum Gasteiger partial charge on any atom is 0.217 e. The van der Waals surface area contributed by atoms with Gasteiger partial charge in [-0.3, -0.25) is 4.79 Å². The van der Waals surface area contributed by atoms with Crippen molar-refractivity contribution in [2.45, 2.75) is 117 Å². The number of hydrogen-bond donors (Lipinski definition) is 12. The maximum absolute atomic E-state index is 12.1. The zero-order valence-electron chi connectivity index (χ0n) is 23.4. The normalized spacial score (nSPS) is 50.3. The number of rotatable bonds is 9. The summed E-state index contributed by atoms with van der Waals surface area (Å²) in [6, 6.07) is -1.52. The second-order valence-electron chi connectivity index (χ2n) is 11.0. The smallest absolute Gasteiger partial charge is 0.217 e. The fourth-order valence-corrected chi connectivity index (χ4v) is 5.35. The molecule has 4 saturated heterocycles. The van der Waals surface area contributed by atoms with E-state index in [9.17, 15) is 61.0 Å². The van der Waals surface area contributed by atoms with Gasteiger partial charge >= 0.3 is 0 Å². The number of hydrogen-bond acceptors (Lipinski definition) is 19. The summed E-state index contributed by atoms with van der Waals surface area (Å²) in [6.07, 6.45) is -28.7. The minimum Gasteiger partial charge on any atom is -0.394 e. The predicted molar refractivity (Wildman–Crippen MR) is 133 cm³/mol. The van der Waals surface area contributed by atoms with Gasteiger partial charge in [0, 0.05) is 6.92 Å². The molecule has 4 fully saturated rings. The van der Waals surface area contributed by atoms with Crippen molar-refractivity contribution in [3.63, 3.8) is 0 Å². The summed E-state index contributed by atoms with van der Waals surface area (Å²) in [4.78, 5) is 12.1. The van der Waals surface area contributed by atoms with E-state index in [1.54, 1.807) is 0 Å². The fraction of sp³-hybridized carbons (Fsp3) is 0.958. The van der Waals surface area contributed by atoms with Gasteiger partial charge in [-0.15, -0.1) is 0 Å². The van der Waals surface area contributed by atoms with E-state index in [1.807, 2.05) is 0 Å². The van der Waals surface area contributed by atoms with E-state index < -0.39 is 143 Å². The topological polar surface area (TPSA) is 316 Å². The number of ether oxygens (including phenoxy) is 7. The summed E-state index contributed by atoms with van der Waals surface area (Å²) in [5.74, 6) is -0.702. The van der Waals surface area contributed by atoms with Gasteiger partial charge in [0.25, 0.3) is 0 Å². The van der Waals surface area contributed by atoms with Crippen LogP contribution in [0.1, 0.15) is 6.92 Å². The number of carbonyl (C=O) groups is 1. The first-order valence-electron chi connectivity index (χ1n) is 13.9. The Kier molecular flexibility index (Phi) is 12.2. The van der Waals surface area contributed by atoms with E-state index in [2.05, 4.69) is 5.32 Å². The van der Waals surface area contributed by atoms with Gasteiger partial charge in [-0.1, -0.05) is 0 Å². The van der Waals surface area contributed by atoms with Crippen LogP contribution in [0, 0.1) is 0 Å². The van der Waals surface area contributed by atoms with Crippen LogP contribution >= 0.6 is 0 Å². The highest BCUT2D eigenvalue weighted by molar-refractivity contribution is 5.73. The third-order valence-corrected chi connectivity index (χ3v) is 7.82. The lowest BCUT2D eigenvalue weighted by molar-refractivity contribution is -0.385. The monoisotopic (exact) mass is 647 g/mol. The Labute approximate surface area is 249 Å². The molecule has 20 nitrogen and oxygen atoms in total. The number of amides is 1. The SMILES string of the molecule is CC(=O)N[C@H]1C(O)O[C@H](CO)[C@@H](O[C@@H]2OC[C@@H](O)[C@@H](O)[C@@H]2O)[C@@H]1O[C@@H]1O[C@H](CO)[C@H](O)[C@H](O)[C@H]1O[C@@H]1OC[C@@H](O)[C@@H](O)[C@@H]1O. The molecular formula is C24H41NO19. The molecule has 0 bridgehead atoms. The number of carbonyl (C=O) groups excluding carboxylic acids is 1. The molecule has 4 rings (SSSR count). The second-order valence-corrected chi connectivity index (χ2v) is 11.0. The molecule has 256 valence electrons. The molecule has 44 heavy (non-hydrogen) atoms. The van der Waals surface area contributed by atoms with Crippen LogP contribution in [0.25, 0.3) is 0 Å². The average molecular weight is 648 g/mol. The van der Waals surface area contributed by atoms with Crippen LogP contribution in [0.15, 0.2) is 0 Å². The van der Waals surface area contributed by atoms with Crippen molar-refractivity contribution >= 4 is 5.91 Å². The Bertz CT molecular complexity index is 934. The lowest BCUT2D eigenvalue weighted by Crippen LogP contribution is -2.69. The average Bonchev–Trinajstić information content (AvgIpc) is 2.99. The summed E-state index contributed by atoms with van der Waals surface area (Å²) in [5, 5.41) is 115. The standard InChI is InChI=1S/C24H41NO19/c1-6(28)25-11-19(18(10(3-27)40-21(11)37)42-22-16(35)12(31)7(29)4-38-22)43-24-20(15(34)14(33)9(2-26)41-24)44-23-17(36)13(32)8(30)5-39-23/h7-24,26-27,29-37H,2-5H2,1H3,(H,25,28)/t7-,8-,9-,10-,11-,12-,13-,14+,15+,16+,17+,18-,19-,20-,21?,22+,23+,24+/m1/s1. The highest BCUT2D eigenvalue weighted by atomic mass is 16.8. The number of nitrogens with one attached hydrogen (secondary N) is 1. The van der Waals surface area contributed by atoms with E-state index >= 15 is 0 Å². The van der Waals surface area contributed by atoms with Crippen molar-refractivity contribution in [1.29, 1.82) is 0 Å². The molecule has 0 aromatic carbocycles. The number of aliphatic hydroxyl groups excluding tert-OH is 11. The summed E-state index contributed by atoms with van der Waals surface area (Å²) < 4.78 is 39.1. The van der Waals surface area contributed by atoms with Gasteiger partial charge in [0.15, 0.2) is 25.2 Å². The summed E-state index contributed by atoms with van der Waals surface area (Å²) in [7, 11) is 0. The van der Waals surface area contributed by atoms with E-state index in [0.717, 1.165) is 6.92 Å². The summed E-state index contributed by atoms with van der Waals surface area (Å²) in [6.45, 7) is -1.55. The van der Waals surface area contributed by atoms with Crippen molar-refractivity contribution < 1.29 is 94.1 Å². The van der Waals surface area contributed by atoms with Gasteiger partial charge in [0.2, 0.25) is 5.91 Å². The van der Waals surface area contributed by atoms with E-state index in [0.29, 0.717) is 0 Å². The molecule has 4 heterocycles. The largest absolute Gasteiger partial charge is 0.394 e. The zero-order valence-corrected chi connectivity index (χ0v) is 23.4. The highest BCUT2D eigenvalue weighted by Crippen LogP contribution is 2.34. The van der Waals surface area contributed by atoms with Crippen LogP contribution in [-0.4, -0.2) is 199 Å². The van der Waals surface area contributed by atoms with Crippen LogP contribution in [0.4, 0.5) is 0 Å². The summed E-state index contributed by atoms with van der Waals surface area (Å²) in [5.41, 5.74) is 0. The molecule has 1 amide bonds. The van der Waals surface area contributed by atoms with Crippen LogP contribution in [0.3, 0.4) is 0 Å². The number of aliphatic hydroxyl groups is 11. The minimum atomic E-state index is -1.91. The molecule has 4 aliphatic rings. The van der Waals surface area contributed by atoms with Gasteiger partial charge in [-0.05, 0) is 0 Å². The van der Waals surface area contributed by atoms with Gasteiger partial charge in [-0.2, -0.15) is 0 Å². The van der Waals surface area contributed by atoms with Crippen molar-refractivity contribution in [2.75, 3.05) is 26.4 Å². The van der Waals surface area contributed by atoms with E-state index in [-0.39, 0.29) is 0 Å². The van der Waals surface area contributed by atoms with Gasteiger partial charge in [0.05, 0.1) is 26.4 Å². The molecule has 0 saturated carbocycles. The molecule has 0 aliphatic carbocycles. The van der Waals surface area contributed by atoms with Gasteiger partial charge in [-0.25, -0.2) is 0 Å². The van der Waals surface area contributed by atoms with E-state index in [4.69, 9.17) is 33.2 Å². The molecule has 18 atom stereocenters. The second kappa shape index (κ2) is 15.1. The van der Waals surface area contributed by atoms with Crippen LogP contribution in [0.5, 0.6) is 0 Å². The van der Waals surface area contributed by atoms with Gasteiger partial charge in [0.1, 0.15) is 85.4 Å². The lowest BCUT2D eigenvalue weighted by atomic mass is 9.94. The highest BCUT2D eigenvalue weighted by Gasteiger charge is 2.55. The lowest BCUT2D eigenvalue weighted by Gasteiger charge is -2.50. The molecule has 4 aliphatic heterocycles. The Morgan fingerprint density at radius 3 is 1.64 bits per heavy atom. The van der Waals surface area contributed by atoms with Crippen LogP contribution in [-0.2, 0) is 38.0 Å². The minimum absolute atomic E-state index is 0.474. The predicted octanol–water partition coefficient (Wildman–Crippen LogP) is -8.33. The molecule has 0 radical (unpaired) electrons. The molecule has 0 spiro atoms. The first-order chi connectivity index (χ1) is 20.8. The zero-order chi connectivity index (χ0) is 32.5. The Morgan fingerprint density at radius 2 is 1.14 bits per heavy atom. The molecule has 12 N–H and O–H groups in total. The third-order valence-electron chi connectivity index (χ3n) is 7.82. The first-order valence-corrected chi connectivity index (χ1v) is 13.9. The molecular weight excluding hydrogens is 606 g/mol. The van der Waals surface area contributed by atoms with Crippen LogP contribution in [0.2, 0.25) is 0 Å². The molecule has 20 heteroatoms. The van der Waals surface area contributed by atoms with Crippen molar-refractivity contribution in [2.24, 2.45) is 0 Å². The third kappa shape index (κ3) is 7.48. The van der Waals surface area contributed by atoms with E-state index in [1.165, 1.54) is 0 Å².